The fourth-order valence-corrected chi connectivity index (χ4v) is 3.29. The van der Waals surface area contributed by atoms with E-state index in [1.807, 2.05) is 6.92 Å². The van der Waals surface area contributed by atoms with E-state index in [1.165, 1.54) is 12.1 Å². The SMILES string of the molecule is CC1CCCc2c1nc1cc(F)c(Br)cc1c2C(=O)O. The van der Waals surface area contributed by atoms with E-state index in [1.54, 1.807) is 0 Å². The second kappa shape index (κ2) is 4.81. The predicted octanol–water partition coefficient (Wildman–Crippen LogP) is 4.27. The van der Waals surface area contributed by atoms with Crippen molar-refractivity contribution >= 4 is 32.8 Å². The van der Waals surface area contributed by atoms with Crippen LogP contribution in [0.15, 0.2) is 16.6 Å². The number of carboxylic acids is 1. The summed E-state index contributed by atoms with van der Waals surface area (Å²) in [6, 6.07) is 2.81. The van der Waals surface area contributed by atoms with Crippen LogP contribution in [-0.4, -0.2) is 16.1 Å². The summed E-state index contributed by atoms with van der Waals surface area (Å²) in [6.45, 7) is 2.04. The largest absolute Gasteiger partial charge is 0.478 e. The predicted molar refractivity (Wildman–Crippen MR) is 77.7 cm³/mol. The Balaban J connectivity index is 2.44. The number of aromatic carboxylic acids is 1. The van der Waals surface area contributed by atoms with Crippen LogP contribution in [0.3, 0.4) is 0 Å². The zero-order valence-electron chi connectivity index (χ0n) is 10.9. The van der Waals surface area contributed by atoms with Crippen LogP contribution in [0, 0.1) is 5.82 Å². The molecular formula is C15H13BrFNO2. The van der Waals surface area contributed by atoms with Crippen LogP contribution in [0.25, 0.3) is 10.9 Å². The van der Waals surface area contributed by atoms with E-state index in [-0.39, 0.29) is 16.0 Å². The van der Waals surface area contributed by atoms with Crippen molar-refractivity contribution in [2.24, 2.45) is 0 Å². The lowest BCUT2D eigenvalue weighted by Gasteiger charge is -2.24. The number of aromatic nitrogens is 1. The molecule has 1 aromatic carbocycles. The number of pyridine rings is 1. The number of hydrogen-bond acceptors (Lipinski definition) is 2. The Morgan fingerprint density at radius 3 is 2.95 bits per heavy atom. The first-order chi connectivity index (χ1) is 9.49. The number of rotatable bonds is 1. The molecule has 20 heavy (non-hydrogen) atoms. The van der Waals surface area contributed by atoms with Gasteiger partial charge in [-0.25, -0.2) is 9.18 Å². The van der Waals surface area contributed by atoms with Gasteiger partial charge >= 0.3 is 5.97 Å². The maximum atomic E-state index is 13.7. The van der Waals surface area contributed by atoms with E-state index in [0.717, 1.165) is 30.5 Å². The molecule has 0 fully saturated rings. The molecule has 0 radical (unpaired) electrons. The van der Waals surface area contributed by atoms with E-state index < -0.39 is 11.8 Å². The van der Waals surface area contributed by atoms with E-state index in [9.17, 15) is 14.3 Å². The van der Waals surface area contributed by atoms with Gasteiger partial charge in [-0.2, -0.15) is 0 Å². The second-order valence-corrected chi connectivity index (χ2v) is 6.09. The maximum absolute atomic E-state index is 13.7. The smallest absolute Gasteiger partial charge is 0.336 e. The molecule has 1 aliphatic carbocycles. The molecule has 0 spiro atoms. The van der Waals surface area contributed by atoms with Gasteiger partial charge in [0.05, 0.1) is 15.6 Å². The fourth-order valence-electron chi connectivity index (χ4n) is 2.94. The summed E-state index contributed by atoms with van der Waals surface area (Å²) in [4.78, 5) is 16.2. The molecule has 1 aliphatic rings. The van der Waals surface area contributed by atoms with Crippen LogP contribution >= 0.6 is 15.9 Å². The van der Waals surface area contributed by atoms with Gasteiger partial charge in [0.15, 0.2) is 0 Å². The third-order valence-corrected chi connectivity index (χ3v) is 4.51. The Morgan fingerprint density at radius 1 is 1.50 bits per heavy atom. The Bertz CT molecular complexity index is 730. The molecule has 1 unspecified atom stereocenters. The van der Waals surface area contributed by atoms with E-state index in [2.05, 4.69) is 20.9 Å². The molecule has 1 N–H and O–H groups in total. The molecule has 1 heterocycles. The van der Waals surface area contributed by atoms with Crippen molar-refractivity contribution in [3.63, 3.8) is 0 Å². The topological polar surface area (TPSA) is 50.2 Å². The van der Waals surface area contributed by atoms with Crippen molar-refractivity contribution in [2.75, 3.05) is 0 Å². The molecule has 5 heteroatoms. The minimum absolute atomic E-state index is 0.216. The Morgan fingerprint density at radius 2 is 2.25 bits per heavy atom. The molecule has 3 nitrogen and oxygen atoms in total. The maximum Gasteiger partial charge on any atom is 0.336 e. The molecule has 0 saturated carbocycles. The number of nitrogens with zero attached hydrogens (tertiary/aromatic N) is 1. The van der Waals surface area contributed by atoms with Crippen LogP contribution in [0.5, 0.6) is 0 Å². The zero-order valence-corrected chi connectivity index (χ0v) is 12.5. The quantitative estimate of drug-likeness (QED) is 0.845. The van der Waals surface area contributed by atoms with Crippen LogP contribution in [-0.2, 0) is 6.42 Å². The third-order valence-electron chi connectivity index (χ3n) is 3.90. The molecule has 0 saturated heterocycles. The number of carbonyl (C=O) groups is 1. The van der Waals surface area contributed by atoms with Crippen molar-refractivity contribution < 1.29 is 14.3 Å². The van der Waals surface area contributed by atoms with E-state index in [4.69, 9.17) is 0 Å². The lowest BCUT2D eigenvalue weighted by Crippen LogP contribution is -2.15. The second-order valence-electron chi connectivity index (χ2n) is 5.23. The summed E-state index contributed by atoms with van der Waals surface area (Å²) >= 11 is 3.11. The summed E-state index contributed by atoms with van der Waals surface area (Å²) in [6.07, 6.45) is 2.67. The number of hydrogen-bond donors (Lipinski definition) is 1. The molecule has 104 valence electrons. The third kappa shape index (κ3) is 2.00. The van der Waals surface area contributed by atoms with Gasteiger partial charge in [-0.05, 0) is 52.7 Å². The highest BCUT2D eigenvalue weighted by Gasteiger charge is 2.26. The highest BCUT2D eigenvalue weighted by Crippen LogP contribution is 2.36. The van der Waals surface area contributed by atoms with Crippen molar-refractivity contribution in [3.05, 3.63) is 39.2 Å². The first-order valence-corrected chi connectivity index (χ1v) is 7.33. The van der Waals surface area contributed by atoms with Gasteiger partial charge in [0.25, 0.3) is 0 Å². The van der Waals surface area contributed by atoms with Crippen LogP contribution in [0.4, 0.5) is 4.39 Å². The minimum Gasteiger partial charge on any atom is -0.478 e. The summed E-state index contributed by atoms with van der Waals surface area (Å²) in [5.41, 5.74) is 2.30. The van der Waals surface area contributed by atoms with Crippen molar-refractivity contribution in [2.45, 2.75) is 32.1 Å². The van der Waals surface area contributed by atoms with Crippen LogP contribution in [0.1, 0.15) is 47.3 Å². The van der Waals surface area contributed by atoms with E-state index >= 15 is 0 Å². The van der Waals surface area contributed by atoms with Crippen LogP contribution in [0.2, 0.25) is 0 Å². The summed E-state index contributed by atoms with van der Waals surface area (Å²) in [7, 11) is 0. The first kappa shape index (κ1) is 13.5. The molecule has 0 aliphatic heterocycles. The molecule has 3 rings (SSSR count). The number of carboxylic acid groups (broad SMARTS) is 1. The average Bonchev–Trinajstić information content (AvgIpc) is 2.38. The average molecular weight is 338 g/mol. The van der Waals surface area contributed by atoms with Gasteiger partial charge in [-0.15, -0.1) is 0 Å². The molecule has 0 amide bonds. The molecular weight excluding hydrogens is 325 g/mol. The molecule has 2 aromatic rings. The minimum atomic E-state index is -0.971. The lowest BCUT2D eigenvalue weighted by molar-refractivity contribution is 0.0697. The zero-order chi connectivity index (χ0) is 14.4. The van der Waals surface area contributed by atoms with Gasteiger partial charge in [-0.1, -0.05) is 6.92 Å². The number of benzene rings is 1. The summed E-state index contributed by atoms with van der Waals surface area (Å²) in [5, 5.41) is 10.0. The van der Waals surface area contributed by atoms with Crippen molar-refractivity contribution in [1.82, 2.24) is 4.98 Å². The molecule has 1 aromatic heterocycles. The van der Waals surface area contributed by atoms with Gasteiger partial charge in [-0.3, -0.25) is 4.98 Å². The normalized spacial score (nSPS) is 18.1. The Hall–Kier alpha value is -1.49. The van der Waals surface area contributed by atoms with Gasteiger partial charge < -0.3 is 5.11 Å². The Kier molecular flexibility index (Phi) is 3.24. The fraction of sp³-hybridized carbons (Fsp3) is 0.333. The first-order valence-electron chi connectivity index (χ1n) is 6.54. The van der Waals surface area contributed by atoms with Crippen molar-refractivity contribution in [3.8, 4) is 0 Å². The monoisotopic (exact) mass is 337 g/mol. The Labute approximate surface area is 124 Å². The molecule has 1 atom stereocenters. The standard InChI is InChI=1S/C15H13BrFNO2/c1-7-3-2-4-8-13(15(19)20)9-5-10(16)11(17)6-12(9)18-14(7)8/h5-7H,2-4H2,1H3,(H,19,20). The lowest BCUT2D eigenvalue weighted by atomic mass is 9.84. The number of fused-ring (bicyclic) bond motifs is 2. The summed E-state index contributed by atoms with van der Waals surface area (Å²) in [5.74, 6) is -1.18. The summed E-state index contributed by atoms with van der Waals surface area (Å²) < 4.78 is 13.9. The molecule has 0 bridgehead atoms. The van der Waals surface area contributed by atoms with Gasteiger partial charge in [0.1, 0.15) is 5.82 Å². The van der Waals surface area contributed by atoms with Gasteiger partial charge in [0.2, 0.25) is 0 Å². The number of halogens is 2. The van der Waals surface area contributed by atoms with Crippen molar-refractivity contribution in [1.29, 1.82) is 0 Å². The van der Waals surface area contributed by atoms with Gasteiger partial charge in [0, 0.05) is 17.1 Å². The van der Waals surface area contributed by atoms with Crippen LogP contribution < -0.4 is 0 Å². The van der Waals surface area contributed by atoms with E-state index in [0.29, 0.717) is 10.9 Å². The highest BCUT2D eigenvalue weighted by atomic mass is 79.9. The highest BCUT2D eigenvalue weighted by molar-refractivity contribution is 9.10.